The lowest BCUT2D eigenvalue weighted by Crippen LogP contribution is -2.20. The lowest BCUT2D eigenvalue weighted by atomic mass is 10.2. The highest BCUT2D eigenvalue weighted by molar-refractivity contribution is 7.99. The van der Waals surface area contributed by atoms with E-state index in [1.54, 1.807) is 18.3 Å². The van der Waals surface area contributed by atoms with Gasteiger partial charge in [0.15, 0.2) is 11.0 Å². The summed E-state index contributed by atoms with van der Waals surface area (Å²) in [5.74, 6) is 0.0799. The van der Waals surface area contributed by atoms with Crippen molar-refractivity contribution in [2.45, 2.75) is 5.16 Å². The third-order valence-electron chi connectivity index (χ3n) is 3.02. The number of para-hydroxylation sites is 2. The van der Waals surface area contributed by atoms with Crippen molar-refractivity contribution < 1.29 is 9.78 Å². The molecule has 3 aromatic rings. The standard InChI is InChI=1S/C16H13ClN4OS/c17-12-5-3-4-11(8-12)9-18-21-15(22)10-23-16-19-13-6-1-2-7-14(13)20-16/h1-9H,10H2,(H,19,20)(H,21,22)/p+1. The third-order valence-corrected chi connectivity index (χ3v) is 4.16. The number of hydrogen-bond acceptors (Lipinski definition) is 3. The van der Waals surface area contributed by atoms with Crippen LogP contribution in [0, 0.1) is 0 Å². The summed E-state index contributed by atoms with van der Waals surface area (Å²) in [4.78, 5) is 18.2. The van der Waals surface area contributed by atoms with Gasteiger partial charge < -0.3 is 0 Å². The van der Waals surface area contributed by atoms with E-state index in [0.717, 1.165) is 21.8 Å². The van der Waals surface area contributed by atoms with Crippen LogP contribution in [-0.4, -0.2) is 22.9 Å². The number of thioether (sulfide) groups is 1. The topological polar surface area (TPSA) is 71.4 Å². The van der Waals surface area contributed by atoms with E-state index in [4.69, 9.17) is 11.6 Å². The van der Waals surface area contributed by atoms with Crippen molar-refractivity contribution in [2.75, 3.05) is 5.75 Å². The smallest absolute Gasteiger partial charge is 0.272 e. The van der Waals surface area contributed by atoms with E-state index in [1.165, 1.54) is 11.8 Å². The van der Waals surface area contributed by atoms with Crippen molar-refractivity contribution in [3.8, 4) is 0 Å². The van der Waals surface area contributed by atoms with Crippen LogP contribution in [-0.2, 0) is 4.79 Å². The number of halogens is 1. The molecule has 0 saturated heterocycles. The van der Waals surface area contributed by atoms with E-state index in [-0.39, 0.29) is 11.7 Å². The number of hydrazone groups is 1. The zero-order valence-corrected chi connectivity index (χ0v) is 13.6. The molecule has 0 aliphatic heterocycles. The molecular formula is C16H14ClN4OS+. The molecule has 0 unspecified atom stereocenters. The highest BCUT2D eigenvalue weighted by Crippen LogP contribution is 2.14. The highest BCUT2D eigenvalue weighted by atomic mass is 35.5. The van der Waals surface area contributed by atoms with Crippen LogP contribution < -0.4 is 10.4 Å². The number of imidazole rings is 1. The van der Waals surface area contributed by atoms with E-state index >= 15 is 0 Å². The molecule has 7 heteroatoms. The maximum atomic E-state index is 11.8. The van der Waals surface area contributed by atoms with Gasteiger partial charge in [-0.3, -0.25) is 4.79 Å². The maximum Gasteiger partial charge on any atom is 0.315 e. The van der Waals surface area contributed by atoms with Crippen LogP contribution in [0.15, 0.2) is 58.8 Å². The molecule has 2 aromatic carbocycles. The van der Waals surface area contributed by atoms with Crippen molar-refractivity contribution in [1.82, 2.24) is 10.4 Å². The molecular weight excluding hydrogens is 332 g/mol. The van der Waals surface area contributed by atoms with Crippen molar-refractivity contribution >= 4 is 46.5 Å². The minimum Gasteiger partial charge on any atom is -0.272 e. The van der Waals surface area contributed by atoms with Gasteiger partial charge in [0, 0.05) is 5.02 Å². The van der Waals surface area contributed by atoms with Gasteiger partial charge in [0.25, 0.3) is 5.91 Å². The summed E-state index contributed by atoms with van der Waals surface area (Å²) in [6.45, 7) is 0. The summed E-state index contributed by atoms with van der Waals surface area (Å²) >= 11 is 7.26. The number of aromatic amines is 2. The highest BCUT2D eigenvalue weighted by Gasteiger charge is 2.11. The van der Waals surface area contributed by atoms with Crippen molar-refractivity contribution in [1.29, 1.82) is 0 Å². The molecule has 23 heavy (non-hydrogen) atoms. The summed E-state index contributed by atoms with van der Waals surface area (Å²) in [6.07, 6.45) is 1.56. The number of carbonyl (C=O) groups excluding carboxylic acids is 1. The Bertz CT molecular complexity index is 829. The van der Waals surface area contributed by atoms with Gasteiger partial charge in [-0.2, -0.15) is 5.10 Å². The van der Waals surface area contributed by atoms with Crippen LogP contribution in [0.2, 0.25) is 5.02 Å². The van der Waals surface area contributed by atoms with Gasteiger partial charge in [-0.15, -0.1) is 0 Å². The first kappa shape index (κ1) is 15.6. The molecule has 1 amide bonds. The summed E-state index contributed by atoms with van der Waals surface area (Å²) in [5.41, 5.74) is 5.34. The van der Waals surface area contributed by atoms with Crippen LogP contribution >= 0.6 is 23.4 Å². The zero-order valence-electron chi connectivity index (χ0n) is 12.0. The monoisotopic (exact) mass is 345 g/mol. The zero-order chi connectivity index (χ0) is 16.1. The number of hydrogen-bond donors (Lipinski definition) is 2. The van der Waals surface area contributed by atoms with Gasteiger partial charge in [0.2, 0.25) is 0 Å². The fraction of sp³-hybridized carbons (Fsp3) is 0.0625. The first-order chi connectivity index (χ1) is 11.2. The molecule has 0 atom stereocenters. The number of nitrogens with one attached hydrogen (secondary N) is 3. The molecule has 3 rings (SSSR count). The van der Waals surface area contributed by atoms with Crippen LogP contribution in [0.25, 0.3) is 11.0 Å². The predicted octanol–water partition coefficient (Wildman–Crippen LogP) is 2.88. The van der Waals surface area contributed by atoms with Crippen LogP contribution in [0.4, 0.5) is 0 Å². The van der Waals surface area contributed by atoms with Gasteiger partial charge in [0.05, 0.1) is 12.0 Å². The first-order valence-corrected chi connectivity index (χ1v) is 8.27. The van der Waals surface area contributed by atoms with Gasteiger partial charge >= 0.3 is 5.16 Å². The molecule has 1 aromatic heterocycles. The molecule has 0 aliphatic rings. The van der Waals surface area contributed by atoms with E-state index in [2.05, 4.69) is 20.5 Å². The summed E-state index contributed by atoms with van der Waals surface area (Å²) in [7, 11) is 0. The average molecular weight is 346 g/mol. The minimum absolute atomic E-state index is 0.180. The second kappa shape index (κ2) is 7.30. The molecule has 1 heterocycles. The van der Waals surface area contributed by atoms with E-state index in [0.29, 0.717) is 5.02 Å². The number of rotatable bonds is 5. The Kier molecular flexibility index (Phi) is 4.95. The number of fused-ring (bicyclic) bond motifs is 1. The maximum absolute atomic E-state index is 11.8. The van der Waals surface area contributed by atoms with Crippen molar-refractivity contribution in [3.63, 3.8) is 0 Å². The number of amides is 1. The van der Waals surface area contributed by atoms with Crippen LogP contribution in [0.5, 0.6) is 0 Å². The fourth-order valence-electron chi connectivity index (χ4n) is 1.98. The predicted molar refractivity (Wildman–Crippen MR) is 92.8 cm³/mol. The SMILES string of the molecule is O=C(CSc1[nH]c2ccccc2[nH+]1)NN=Cc1cccc(Cl)c1. The quantitative estimate of drug-likeness (QED) is 0.424. The third kappa shape index (κ3) is 4.34. The number of aromatic nitrogens is 2. The second-order valence-corrected chi connectivity index (χ2v) is 6.18. The lowest BCUT2D eigenvalue weighted by molar-refractivity contribution is -0.396. The van der Waals surface area contributed by atoms with Crippen molar-refractivity contribution in [3.05, 3.63) is 59.1 Å². The average Bonchev–Trinajstić information content (AvgIpc) is 2.96. The molecule has 5 nitrogen and oxygen atoms in total. The normalized spacial score (nSPS) is 11.2. The molecule has 0 saturated carbocycles. The molecule has 0 aliphatic carbocycles. The summed E-state index contributed by atoms with van der Waals surface area (Å²) < 4.78 is 0. The first-order valence-electron chi connectivity index (χ1n) is 6.91. The van der Waals surface area contributed by atoms with Gasteiger partial charge in [-0.05, 0) is 41.6 Å². The Balaban J connectivity index is 1.51. The number of H-pyrrole nitrogens is 2. The summed E-state index contributed by atoms with van der Waals surface area (Å²) in [6, 6.07) is 15.1. The molecule has 116 valence electrons. The Labute approximate surface area is 142 Å². The minimum atomic E-state index is -0.180. The Morgan fingerprint density at radius 2 is 2.17 bits per heavy atom. The Morgan fingerprint density at radius 3 is 3.00 bits per heavy atom. The Hall–Kier alpha value is -2.31. The van der Waals surface area contributed by atoms with Crippen molar-refractivity contribution in [2.24, 2.45) is 5.10 Å². The fourth-order valence-corrected chi connectivity index (χ4v) is 2.89. The van der Waals surface area contributed by atoms with Gasteiger partial charge in [0.1, 0.15) is 0 Å². The van der Waals surface area contributed by atoms with Gasteiger partial charge in [-0.1, -0.05) is 35.9 Å². The van der Waals surface area contributed by atoms with Crippen LogP contribution in [0.3, 0.4) is 0 Å². The lowest BCUT2D eigenvalue weighted by Gasteiger charge is -1.97. The van der Waals surface area contributed by atoms with E-state index < -0.39 is 0 Å². The number of carbonyl (C=O) groups is 1. The summed E-state index contributed by atoms with van der Waals surface area (Å²) in [5, 5.41) is 5.38. The number of benzene rings is 2. The molecule has 0 bridgehead atoms. The largest absolute Gasteiger partial charge is 0.315 e. The van der Waals surface area contributed by atoms with E-state index in [9.17, 15) is 4.79 Å². The molecule has 3 N–H and O–H groups in total. The second-order valence-electron chi connectivity index (χ2n) is 4.76. The van der Waals surface area contributed by atoms with Crippen LogP contribution in [0.1, 0.15) is 5.56 Å². The van der Waals surface area contributed by atoms with E-state index in [1.807, 2.05) is 36.4 Å². The molecule has 0 radical (unpaired) electrons. The number of nitrogens with zero attached hydrogens (tertiary/aromatic N) is 1. The van der Waals surface area contributed by atoms with Gasteiger partial charge in [-0.25, -0.2) is 15.4 Å². The molecule has 0 fully saturated rings. The molecule has 0 spiro atoms. The Morgan fingerprint density at radius 1 is 1.30 bits per heavy atom.